The maximum absolute atomic E-state index is 12.2. The molecule has 3 atom stereocenters. The molecular weight excluding hydrogens is 314 g/mol. The van der Waals surface area contributed by atoms with Crippen LogP contribution >= 0.6 is 0 Å². The zero-order chi connectivity index (χ0) is 17.5. The number of amides is 1. The van der Waals surface area contributed by atoms with E-state index < -0.39 is 35.9 Å². The summed E-state index contributed by atoms with van der Waals surface area (Å²) in [6.45, 7) is 3.55. The second-order valence-corrected chi connectivity index (χ2v) is 5.23. The summed E-state index contributed by atoms with van der Waals surface area (Å²) < 4.78 is 14.7. The number of benzene rings is 1. The fraction of sp³-hybridized carbons (Fsp3) is 0.353. The van der Waals surface area contributed by atoms with Crippen LogP contribution in [0.5, 0.6) is 0 Å². The summed E-state index contributed by atoms with van der Waals surface area (Å²) >= 11 is 0. The first kappa shape index (κ1) is 17.5. The van der Waals surface area contributed by atoms with Crippen LogP contribution in [-0.2, 0) is 30.4 Å². The van der Waals surface area contributed by atoms with Gasteiger partial charge in [0.25, 0.3) is 0 Å². The second-order valence-electron chi connectivity index (χ2n) is 5.23. The molecule has 2 rings (SSSR count). The molecule has 0 heterocycles. The van der Waals surface area contributed by atoms with Crippen LogP contribution in [0.2, 0.25) is 0 Å². The Hall–Kier alpha value is -2.83. The number of carbonyl (C=O) groups is 3. The number of nitrogens with one attached hydrogen (secondary N) is 1. The number of rotatable bonds is 7. The summed E-state index contributed by atoms with van der Waals surface area (Å²) in [7, 11) is 1.22. The van der Waals surface area contributed by atoms with Crippen molar-refractivity contribution in [2.45, 2.75) is 12.6 Å². The molecule has 1 fully saturated rings. The highest BCUT2D eigenvalue weighted by atomic mass is 16.6. The Kier molecular flexibility index (Phi) is 5.95. The molecule has 1 aliphatic rings. The lowest BCUT2D eigenvalue weighted by Gasteiger charge is -2.05. The van der Waals surface area contributed by atoms with E-state index in [-0.39, 0.29) is 13.2 Å². The van der Waals surface area contributed by atoms with E-state index in [0.29, 0.717) is 0 Å². The highest BCUT2D eigenvalue weighted by Crippen LogP contribution is 2.41. The number of carbonyl (C=O) groups excluding carboxylic acids is 3. The van der Waals surface area contributed by atoms with Gasteiger partial charge in [-0.05, 0) is 5.56 Å². The van der Waals surface area contributed by atoms with Crippen molar-refractivity contribution in [3.63, 3.8) is 0 Å². The van der Waals surface area contributed by atoms with E-state index in [0.717, 1.165) is 5.56 Å². The molecule has 0 unspecified atom stereocenters. The summed E-state index contributed by atoms with van der Waals surface area (Å²) in [5.41, 5.74) is 0.830. The van der Waals surface area contributed by atoms with Crippen molar-refractivity contribution in [1.82, 2.24) is 5.32 Å². The number of esters is 2. The zero-order valence-corrected chi connectivity index (χ0v) is 13.3. The molecule has 24 heavy (non-hydrogen) atoms. The Bertz CT molecular complexity index is 615. The lowest BCUT2D eigenvalue weighted by molar-refractivity contribution is -0.150. The van der Waals surface area contributed by atoms with E-state index in [9.17, 15) is 14.4 Å². The molecule has 1 saturated carbocycles. The maximum Gasteiger partial charge on any atom is 0.407 e. The molecule has 7 heteroatoms. The fourth-order valence-electron chi connectivity index (χ4n) is 2.35. The minimum atomic E-state index is -0.780. The van der Waals surface area contributed by atoms with Gasteiger partial charge in [0.15, 0.2) is 0 Å². The standard InChI is InChI=1S/C17H19NO6/c1-3-9-23-17(21)18-14-12(15(19)22-2)13(14)16(20)24-10-11-7-5-4-6-8-11/h3-8,12-14H,1,9-10H2,2H3,(H,18,21)/t12-,13-,14+/m1/s1. The molecule has 0 bridgehead atoms. The van der Waals surface area contributed by atoms with Crippen molar-refractivity contribution in [2.75, 3.05) is 13.7 Å². The average molecular weight is 333 g/mol. The maximum atomic E-state index is 12.2. The summed E-state index contributed by atoms with van der Waals surface area (Å²) in [6, 6.07) is 8.46. The number of methoxy groups -OCH3 is 1. The second kappa shape index (κ2) is 8.14. The van der Waals surface area contributed by atoms with E-state index >= 15 is 0 Å². The molecule has 0 aromatic heterocycles. The normalized spacial score (nSPS) is 21.3. The highest BCUT2D eigenvalue weighted by molar-refractivity contribution is 5.90. The van der Waals surface area contributed by atoms with E-state index in [1.54, 1.807) is 0 Å². The van der Waals surface area contributed by atoms with Crippen molar-refractivity contribution in [2.24, 2.45) is 11.8 Å². The average Bonchev–Trinajstić information content (AvgIpc) is 3.31. The first-order chi connectivity index (χ1) is 11.6. The van der Waals surface area contributed by atoms with Crippen molar-refractivity contribution >= 4 is 18.0 Å². The van der Waals surface area contributed by atoms with Gasteiger partial charge in [0.05, 0.1) is 25.0 Å². The minimum absolute atomic E-state index is 0.0323. The van der Waals surface area contributed by atoms with Crippen LogP contribution in [-0.4, -0.2) is 37.8 Å². The third kappa shape index (κ3) is 4.34. The van der Waals surface area contributed by atoms with Gasteiger partial charge in [-0.3, -0.25) is 9.59 Å². The van der Waals surface area contributed by atoms with Crippen LogP contribution in [0, 0.1) is 11.8 Å². The third-order valence-corrected chi connectivity index (χ3v) is 3.61. The zero-order valence-electron chi connectivity index (χ0n) is 13.3. The van der Waals surface area contributed by atoms with Gasteiger partial charge in [0.1, 0.15) is 13.2 Å². The number of alkyl carbamates (subject to hydrolysis) is 1. The van der Waals surface area contributed by atoms with Crippen molar-refractivity contribution in [3.8, 4) is 0 Å². The molecule has 0 radical (unpaired) electrons. The quantitative estimate of drug-likeness (QED) is 0.461. The fourth-order valence-corrected chi connectivity index (χ4v) is 2.35. The monoisotopic (exact) mass is 333 g/mol. The number of hydrogen-bond acceptors (Lipinski definition) is 6. The van der Waals surface area contributed by atoms with Gasteiger partial charge >= 0.3 is 18.0 Å². The SMILES string of the molecule is C=CCOC(=O)N[C@H]1[C@H](C(=O)OC)[C@H]1C(=O)OCc1ccccc1. The third-order valence-electron chi connectivity index (χ3n) is 3.61. The molecule has 0 saturated heterocycles. The summed E-state index contributed by atoms with van der Waals surface area (Å²) in [6.07, 6.45) is 0.683. The molecule has 1 N–H and O–H groups in total. The summed E-state index contributed by atoms with van der Waals surface area (Å²) in [4.78, 5) is 35.5. The molecule has 1 aromatic rings. The van der Waals surface area contributed by atoms with E-state index in [4.69, 9.17) is 9.47 Å². The van der Waals surface area contributed by atoms with Gasteiger partial charge in [-0.15, -0.1) is 0 Å². The topological polar surface area (TPSA) is 90.9 Å². The molecule has 0 aliphatic heterocycles. The molecule has 128 valence electrons. The number of hydrogen-bond donors (Lipinski definition) is 1. The molecular formula is C17H19NO6. The Morgan fingerprint density at radius 1 is 1.12 bits per heavy atom. The molecule has 1 aromatic carbocycles. The van der Waals surface area contributed by atoms with Gasteiger partial charge in [-0.2, -0.15) is 0 Å². The predicted octanol–water partition coefficient (Wildman–Crippen LogP) is 1.43. The molecule has 1 aliphatic carbocycles. The van der Waals surface area contributed by atoms with Gasteiger partial charge in [0, 0.05) is 0 Å². The van der Waals surface area contributed by atoms with Crippen LogP contribution in [0.25, 0.3) is 0 Å². The smallest absolute Gasteiger partial charge is 0.407 e. The largest absolute Gasteiger partial charge is 0.469 e. The Labute approximate surface area is 139 Å². The van der Waals surface area contributed by atoms with E-state index in [1.807, 2.05) is 30.3 Å². The minimum Gasteiger partial charge on any atom is -0.469 e. The van der Waals surface area contributed by atoms with Crippen molar-refractivity contribution < 1.29 is 28.6 Å². The van der Waals surface area contributed by atoms with Gasteiger partial charge in [-0.1, -0.05) is 43.0 Å². The molecule has 0 spiro atoms. The first-order valence-electron chi connectivity index (χ1n) is 7.41. The van der Waals surface area contributed by atoms with Crippen LogP contribution < -0.4 is 5.32 Å². The molecule has 1 amide bonds. The van der Waals surface area contributed by atoms with Crippen molar-refractivity contribution in [1.29, 1.82) is 0 Å². The van der Waals surface area contributed by atoms with Crippen LogP contribution in [0.4, 0.5) is 4.79 Å². The molecule has 7 nitrogen and oxygen atoms in total. The lowest BCUT2D eigenvalue weighted by Crippen LogP contribution is -2.30. The van der Waals surface area contributed by atoms with Crippen molar-refractivity contribution in [3.05, 3.63) is 48.6 Å². The van der Waals surface area contributed by atoms with E-state index in [2.05, 4.69) is 16.6 Å². The first-order valence-corrected chi connectivity index (χ1v) is 7.41. The highest BCUT2D eigenvalue weighted by Gasteiger charge is 2.62. The summed E-state index contributed by atoms with van der Waals surface area (Å²) in [5, 5.41) is 2.47. The number of ether oxygens (including phenoxy) is 3. The van der Waals surface area contributed by atoms with E-state index in [1.165, 1.54) is 13.2 Å². The van der Waals surface area contributed by atoms with Crippen LogP contribution in [0.3, 0.4) is 0 Å². The lowest BCUT2D eigenvalue weighted by atomic mass is 10.2. The van der Waals surface area contributed by atoms with Gasteiger partial charge in [0.2, 0.25) is 0 Å². The van der Waals surface area contributed by atoms with Crippen LogP contribution in [0.15, 0.2) is 43.0 Å². The summed E-state index contributed by atoms with van der Waals surface area (Å²) in [5.74, 6) is -2.69. The predicted molar refractivity (Wildman–Crippen MR) is 83.7 cm³/mol. The van der Waals surface area contributed by atoms with Crippen LogP contribution in [0.1, 0.15) is 5.56 Å². The van der Waals surface area contributed by atoms with Gasteiger partial charge < -0.3 is 19.5 Å². The Morgan fingerprint density at radius 2 is 1.79 bits per heavy atom. The Morgan fingerprint density at radius 3 is 2.42 bits per heavy atom. The van der Waals surface area contributed by atoms with Gasteiger partial charge in [-0.25, -0.2) is 4.79 Å². The Balaban J connectivity index is 1.92.